The fraction of sp³-hybridized carbons (Fsp3) is 0.125. The quantitative estimate of drug-likeness (QED) is 0.845. The Balaban J connectivity index is 2.18. The summed E-state index contributed by atoms with van der Waals surface area (Å²) < 4.78 is 0. The van der Waals surface area contributed by atoms with Crippen molar-refractivity contribution in [2.75, 3.05) is 0 Å². The minimum absolute atomic E-state index is 0.0425. The summed E-state index contributed by atoms with van der Waals surface area (Å²) in [4.78, 5) is 15.6. The highest BCUT2D eigenvalue weighted by Crippen LogP contribution is 2.30. The van der Waals surface area contributed by atoms with Crippen LogP contribution in [-0.2, 0) is 0 Å². The zero-order chi connectivity index (χ0) is 14.3. The molecule has 2 N–H and O–H groups in total. The average Bonchev–Trinajstić information content (AvgIpc) is 2.42. The van der Waals surface area contributed by atoms with Gasteiger partial charge in [-0.05, 0) is 24.6 Å². The minimum atomic E-state index is -0.693. The number of halogens is 1. The van der Waals surface area contributed by atoms with E-state index in [1.165, 1.54) is 0 Å². The van der Waals surface area contributed by atoms with Crippen LogP contribution in [0.4, 0.5) is 5.69 Å². The van der Waals surface area contributed by atoms with Crippen molar-refractivity contribution in [3.8, 4) is 0 Å². The van der Waals surface area contributed by atoms with E-state index in [0.717, 1.165) is 11.1 Å². The van der Waals surface area contributed by atoms with Crippen LogP contribution in [0.3, 0.4) is 0 Å². The summed E-state index contributed by atoms with van der Waals surface area (Å²) >= 11 is 6.03. The van der Waals surface area contributed by atoms with Crippen LogP contribution in [0.25, 0.3) is 0 Å². The third-order valence-electron chi connectivity index (χ3n) is 3.49. The Morgan fingerprint density at radius 1 is 1.20 bits per heavy atom. The van der Waals surface area contributed by atoms with Crippen molar-refractivity contribution in [1.29, 1.82) is 0 Å². The molecule has 1 atom stereocenters. The predicted octanol–water partition coefficient (Wildman–Crippen LogP) is 2.30. The number of benzene rings is 2. The molecular formula is C16H13ClNO2+. The molecule has 0 saturated heterocycles. The maximum absolute atomic E-state index is 12.7. The third kappa shape index (κ3) is 2.00. The number of aryl methyl sites for hydroxylation is 1. The Hall–Kier alpha value is -2.13. The predicted molar refractivity (Wildman–Crippen MR) is 78.0 cm³/mol. The van der Waals surface area contributed by atoms with Gasteiger partial charge in [-0.3, -0.25) is 4.79 Å². The summed E-state index contributed by atoms with van der Waals surface area (Å²) in [6, 6.07) is 12.6. The van der Waals surface area contributed by atoms with Gasteiger partial charge in [0.15, 0.2) is 11.7 Å². The van der Waals surface area contributed by atoms with E-state index in [1.54, 1.807) is 12.1 Å². The Labute approximate surface area is 121 Å². The molecule has 2 aromatic carbocycles. The summed E-state index contributed by atoms with van der Waals surface area (Å²) in [5.41, 5.74) is 2.73. The van der Waals surface area contributed by atoms with Crippen molar-refractivity contribution >= 4 is 29.0 Å². The van der Waals surface area contributed by atoms with Crippen LogP contribution in [0, 0.1) is 6.92 Å². The topological polar surface area (TPSA) is 51.3 Å². The van der Waals surface area contributed by atoms with E-state index in [9.17, 15) is 9.90 Å². The van der Waals surface area contributed by atoms with Gasteiger partial charge in [-0.25, -0.2) is 0 Å². The number of Topliss-reactive ketones (excluding diaryl/α,β-unsaturated/α-hetero) is 1. The highest BCUT2D eigenvalue weighted by Gasteiger charge is 2.39. The van der Waals surface area contributed by atoms with Crippen LogP contribution in [-0.4, -0.2) is 16.8 Å². The second-order valence-corrected chi connectivity index (χ2v) is 5.30. The molecule has 4 heteroatoms. The van der Waals surface area contributed by atoms with Crippen LogP contribution >= 0.6 is 11.6 Å². The van der Waals surface area contributed by atoms with E-state index in [1.807, 2.05) is 37.3 Å². The van der Waals surface area contributed by atoms with Gasteiger partial charge >= 0.3 is 5.90 Å². The first-order chi connectivity index (χ1) is 9.58. The maximum atomic E-state index is 12.7. The van der Waals surface area contributed by atoms with Crippen molar-refractivity contribution in [2.45, 2.75) is 12.8 Å². The smallest absolute Gasteiger partial charge is 0.353 e. The van der Waals surface area contributed by atoms with Gasteiger partial charge in [-0.2, -0.15) is 4.99 Å². The van der Waals surface area contributed by atoms with Crippen molar-refractivity contribution in [2.24, 2.45) is 0 Å². The lowest BCUT2D eigenvalue weighted by Crippen LogP contribution is -2.71. The summed E-state index contributed by atoms with van der Waals surface area (Å²) in [6.45, 7) is 1.85. The number of nitrogens with one attached hydrogen (secondary N) is 1. The normalized spacial score (nSPS) is 17.6. The Kier molecular flexibility index (Phi) is 3.07. The third-order valence-corrected chi connectivity index (χ3v) is 3.71. The molecule has 0 saturated carbocycles. The SMILES string of the molecule is Cc1cc(Cl)cc2c1[NH+]=C(O)[C@H](c1ccccc1)C2=O. The molecule has 1 aliphatic heterocycles. The maximum Gasteiger partial charge on any atom is 0.353 e. The molecule has 3 rings (SSSR count). The number of hydrogen-bond donors (Lipinski definition) is 2. The molecule has 2 aromatic rings. The second-order valence-electron chi connectivity index (χ2n) is 4.86. The van der Waals surface area contributed by atoms with Gasteiger partial charge in [-0.1, -0.05) is 41.9 Å². The van der Waals surface area contributed by atoms with Crippen molar-refractivity contribution < 1.29 is 14.9 Å². The molecule has 1 heterocycles. The first-order valence-corrected chi connectivity index (χ1v) is 6.68. The molecule has 0 aromatic heterocycles. The highest BCUT2D eigenvalue weighted by molar-refractivity contribution is 6.31. The molecule has 0 fully saturated rings. The van der Waals surface area contributed by atoms with Crippen molar-refractivity contribution in [1.82, 2.24) is 0 Å². The summed E-state index contributed by atoms with van der Waals surface area (Å²) in [7, 11) is 0. The van der Waals surface area contributed by atoms with Crippen LogP contribution < -0.4 is 4.99 Å². The van der Waals surface area contributed by atoms with Gasteiger partial charge in [0.2, 0.25) is 5.69 Å². The van der Waals surface area contributed by atoms with Crippen LogP contribution in [0.1, 0.15) is 27.4 Å². The van der Waals surface area contributed by atoms with E-state index in [0.29, 0.717) is 16.3 Å². The Morgan fingerprint density at radius 2 is 1.90 bits per heavy atom. The van der Waals surface area contributed by atoms with Crippen molar-refractivity contribution in [3.63, 3.8) is 0 Å². The van der Waals surface area contributed by atoms with E-state index in [4.69, 9.17) is 11.6 Å². The second kappa shape index (κ2) is 4.76. The molecule has 3 nitrogen and oxygen atoms in total. The number of carbonyl (C=O) groups excluding carboxylic acids is 1. The molecule has 0 unspecified atom stereocenters. The Bertz CT molecular complexity index is 723. The number of ketones is 1. The fourth-order valence-electron chi connectivity index (χ4n) is 2.54. The van der Waals surface area contributed by atoms with Gasteiger partial charge in [0.1, 0.15) is 0 Å². The molecule has 0 radical (unpaired) electrons. The molecule has 0 amide bonds. The summed E-state index contributed by atoms with van der Waals surface area (Å²) in [5, 5.41) is 10.7. The monoisotopic (exact) mass is 286 g/mol. The largest absolute Gasteiger partial charge is 0.462 e. The summed E-state index contributed by atoms with van der Waals surface area (Å²) in [5.74, 6) is -0.881. The molecule has 20 heavy (non-hydrogen) atoms. The van der Waals surface area contributed by atoms with Crippen molar-refractivity contribution in [3.05, 3.63) is 64.2 Å². The first-order valence-electron chi connectivity index (χ1n) is 6.30. The van der Waals surface area contributed by atoms with E-state index in [2.05, 4.69) is 4.99 Å². The molecule has 0 bridgehead atoms. The number of aliphatic hydroxyl groups excluding tert-OH is 1. The summed E-state index contributed by atoms with van der Waals surface area (Å²) in [6.07, 6.45) is 0. The molecule has 1 aliphatic rings. The first kappa shape index (κ1) is 12.9. The molecular weight excluding hydrogens is 274 g/mol. The number of rotatable bonds is 1. The lowest BCUT2D eigenvalue weighted by atomic mass is 9.87. The number of carbonyl (C=O) groups is 1. The van der Waals surface area contributed by atoms with Gasteiger partial charge in [0.05, 0.1) is 5.56 Å². The number of hydrogen-bond acceptors (Lipinski definition) is 1. The fourth-order valence-corrected chi connectivity index (χ4v) is 2.81. The minimum Gasteiger partial charge on any atom is -0.462 e. The lowest BCUT2D eigenvalue weighted by Gasteiger charge is -2.17. The van der Waals surface area contributed by atoms with Gasteiger partial charge in [0.25, 0.3) is 0 Å². The van der Waals surface area contributed by atoms with Crippen LogP contribution in [0.2, 0.25) is 5.02 Å². The number of aliphatic hydroxyl groups is 1. The standard InChI is InChI=1S/C16H12ClNO2/c1-9-7-11(17)8-12-14(9)18-16(20)13(15(12)19)10-5-3-2-4-6-10/h2-8,13H,1H3,(H,18,20)/p+1/t13-/m1/s1. The van der Waals surface area contributed by atoms with E-state index >= 15 is 0 Å². The Morgan fingerprint density at radius 3 is 2.60 bits per heavy atom. The molecule has 0 spiro atoms. The zero-order valence-electron chi connectivity index (χ0n) is 10.9. The zero-order valence-corrected chi connectivity index (χ0v) is 11.6. The van der Waals surface area contributed by atoms with Gasteiger partial charge in [0, 0.05) is 10.6 Å². The van der Waals surface area contributed by atoms with Crippen LogP contribution in [0.15, 0.2) is 42.5 Å². The van der Waals surface area contributed by atoms with E-state index in [-0.39, 0.29) is 11.7 Å². The molecule has 0 aliphatic carbocycles. The highest BCUT2D eigenvalue weighted by atomic mass is 35.5. The van der Waals surface area contributed by atoms with Gasteiger partial charge < -0.3 is 5.11 Å². The van der Waals surface area contributed by atoms with Gasteiger partial charge in [-0.15, -0.1) is 0 Å². The number of fused-ring (bicyclic) bond motifs is 1. The molecule has 100 valence electrons. The van der Waals surface area contributed by atoms with Crippen LogP contribution in [0.5, 0.6) is 0 Å². The lowest BCUT2D eigenvalue weighted by molar-refractivity contribution is -0.370. The average molecular weight is 287 g/mol. The van der Waals surface area contributed by atoms with E-state index < -0.39 is 5.92 Å².